The smallest absolute Gasteiger partial charge is 0.240 e. The van der Waals surface area contributed by atoms with Crippen LogP contribution in [0.3, 0.4) is 0 Å². The molecule has 0 aliphatic rings. The Balaban J connectivity index is 1.94. The number of nitrogens with two attached hydrogens (primary N) is 1. The van der Waals surface area contributed by atoms with Gasteiger partial charge in [0.15, 0.2) is 0 Å². The van der Waals surface area contributed by atoms with Crippen LogP contribution in [0.4, 0.5) is 5.69 Å². The van der Waals surface area contributed by atoms with E-state index < -0.39 is 10.0 Å². The first-order chi connectivity index (χ1) is 14.1. The lowest BCUT2D eigenvalue weighted by Gasteiger charge is -2.13. The number of carbonyl (C=O) groups is 1. The number of hydrogen-bond donors (Lipinski definition) is 2. The lowest BCUT2D eigenvalue weighted by molar-refractivity contribution is -0.115. The van der Waals surface area contributed by atoms with E-state index in [-0.39, 0.29) is 22.9 Å². The van der Waals surface area contributed by atoms with E-state index in [0.717, 1.165) is 17.5 Å². The summed E-state index contributed by atoms with van der Waals surface area (Å²) in [6.07, 6.45) is 1.00. The molecule has 2 aromatic carbocycles. The van der Waals surface area contributed by atoms with Gasteiger partial charge in [-0.3, -0.25) is 4.79 Å². The van der Waals surface area contributed by atoms with Crippen molar-refractivity contribution in [3.8, 4) is 5.69 Å². The number of halogens is 1. The Bertz CT molecular complexity index is 1220. The van der Waals surface area contributed by atoms with Gasteiger partial charge >= 0.3 is 0 Å². The van der Waals surface area contributed by atoms with Crippen LogP contribution in [-0.2, 0) is 27.7 Å². The molecule has 9 heteroatoms. The number of carbonyl (C=O) groups excluding carboxylic acids is 1. The summed E-state index contributed by atoms with van der Waals surface area (Å²) in [6, 6.07) is 12.2. The Morgan fingerprint density at radius 1 is 1.17 bits per heavy atom. The average Bonchev–Trinajstić information content (AvgIpc) is 2.95. The molecule has 158 valence electrons. The van der Waals surface area contributed by atoms with Gasteiger partial charge in [0.25, 0.3) is 0 Å². The van der Waals surface area contributed by atoms with Crippen LogP contribution in [0.15, 0.2) is 47.4 Å². The van der Waals surface area contributed by atoms with E-state index in [4.69, 9.17) is 16.7 Å². The summed E-state index contributed by atoms with van der Waals surface area (Å²) in [4.78, 5) is 12.4. The minimum Gasteiger partial charge on any atom is -0.326 e. The highest BCUT2D eigenvalue weighted by Gasteiger charge is 2.21. The molecule has 0 radical (unpaired) electrons. The first-order valence-corrected chi connectivity index (χ1v) is 11.3. The van der Waals surface area contributed by atoms with E-state index in [1.807, 2.05) is 31.2 Å². The number of amides is 1. The fraction of sp³-hybridized carbons (Fsp3) is 0.238. The molecule has 3 N–H and O–H groups in total. The summed E-state index contributed by atoms with van der Waals surface area (Å²) < 4.78 is 25.9. The number of hydrogen-bond acceptors (Lipinski definition) is 4. The molecular weight excluding hydrogens is 424 g/mol. The van der Waals surface area contributed by atoms with Crippen LogP contribution in [0.1, 0.15) is 29.4 Å². The molecule has 0 aliphatic carbocycles. The minimum atomic E-state index is -4.09. The van der Waals surface area contributed by atoms with Gasteiger partial charge in [0.1, 0.15) is 4.90 Å². The van der Waals surface area contributed by atoms with Gasteiger partial charge < -0.3 is 5.32 Å². The Morgan fingerprint density at radius 3 is 2.40 bits per heavy atom. The van der Waals surface area contributed by atoms with E-state index in [9.17, 15) is 13.2 Å². The maximum Gasteiger partial charge on any atom is 0.240 e. The molecule has 3 rings (SSSR count). The highest BCUT2D eigenvalue weighted by molar-refractivity contribution is 7.89. The van der Waals surface area contributed by atoms with Crippen LogP contribution >= 0.6 is 11.6 Å². The molecule has 7 nitrogen and oxygen atoms in total. The van der Waals surface area contributed by atoms with Crippen LogP contribution in [0.5, 0.6) is 0 Å². The Morgan fingerprint density at radius 2 is 1.83 bits per heavy atom. The molecule has 0 aliphatic heterocycles. The van der Waals surface area contributed by atoms with E-state index >= 15 is 0 Å². The fourth-order valence-electron chi connectivity index (χ4n) is 3.31. The summed E-state index contributed by atoms with van der Waals surface area (Å²) in [5, 5.41) is 12.9. The van der Waals surface area contributed by atoms with Gasteiger partial charge in [0.05, 0.1) is 28.5 Å². The maximum atomic E-state index is 12.5. The number of benzene rings is 2. The quantitative estimate of drug-likeness (QED) is 0.603. The third-order valence-electron chi connectivity index (χ3n) is 4.83. The number of nitrogens with one attached hydrogen (secondary N) is 1. The summed E-state index contributed by atoms with van der Waals surface area (Å²) in [5.74, 6) is -0.252. The van der Waals surface area contributed by atoms with Crippen molar-refractivity contribution in [2.45, 2.75) is 38.5 Å². The van der Waals surface area contributed by atoms with Crippen molar-refractivity contribution in [3.63, 3.8) is 0 Å². The number of nitrogens with zero attached hydrogens (tertiary/aromatic N) is 2. The van der Waals surface area contributed by atoms with Gasteiger partial charge in [-0.15, -0.1) is 0 Å². The molecule has 1 aromatic heterocycles. The average molecular weight is 447 g/mol. The van der Waals surface area contributed by atoms with Crippen LogP contribution < -0.4 is 10.5 Å². The second-order valence-electron chi connectivity index (χ2n) is 6.97. The SMILES string of the molecule is CCc1ccccc1CC(=O)Nc1ccc(-n2nc(C)c(Cl)c2C)c(S(N)(=O)=O)c1. The van der Waals surface area contributed by atoms with Crippen LogP contribution in [0.25, 0.3) is 5.69 Å². The Kier molecular flexibility index (Phi) is 6.30. The largest absolute Gasteiger partial charge is 0.326 e. The molecule has 0 saturated carbocycles. The standard InChI is InChI=1S/C21H23ClN4O3S/c1-4-15-7-5-6-8-16(15)11-20(27)24-17-9-10-18(19(12-17)30(23,28)29)26-14(3)21(22)13(2)25-26/h5-10,12H,4,11H2,1-3H3,(H,24,27)(H2,23,28,29). The van der Waals surface area contributed by atoms with Crippen molar-refractivity contribution in [1.82, 2.24) is 9.78 Å². The zero-order valence-corrected chi connectivity index (χ0v) is 18.5. The van der Waals surface area contributed by atoms with Crippen molar-refractivity contribution in [2.75, 3.05) is 5.32 Å². The third kappa shape index (κ3) is 4.56. The van der Waals surface area contributed by atoms with Gasteiger partial charge in [0.2, 0.25) is 15.9 Å². The van der Waals surface area contributed by atoms with Crippen molar-refractivity contribution >= 4 is 33.2 Å². The van der Waals surface area contributed by atoms with E-state index in [0.29, 0.717) is 22.1 Å². The van der Waals surface area contributed by atoms with Crippen LogP contribution in [0, 0.1) is 13.8 Å². The summed E-state index contributed by atoms with van der Waals surface area (Å²) in [7, 11) is -4.09. The molecular formula is C21H23ClN4O3S. The highest BCUT2D eigenvalue weighted by Crippen LogP contribution is 2.28. The summed E-state index contributed by atoms with van der Waals surface area (Å²) >= 11 is 6.20. The minimum absolute atomic E-state index is 0.156. The monoisotopic (exact) mass is 446 g/mol. The van der Waals surface area contributed by atoms with E-state index in [1.54, 1.807) is 26.0 Å². The molecule has 30 heavy (non-hydrogen) atoms. The van der Waals surface area contributed by atoms with Crippen LogP contribution in [0.2, 0.25) is 5.02 Å². The predicted octanol–water partition coefficient (Wildman–Crippen LogP) is 3.53. The lowest BCUT2D eigenvalue weighted by Crippen LogP contribution is -2.19. The Labute approximate surface area is 180 Å². The molecule has 1 heterocycles. The van der Waals surface area contributed by atoms with Gasteiger partial charge in [-0.2, -0.15) is 5.10 Å². The number of aromatic nitrogens is 2. The predicted molar refractivity (Wildman–Crippen MR) is 118 cm³/mol. The normalized spacial score (nSPS) is 11.5. The van der Waals surface area contributed by atoms with Crippen LogP contribution in [-0.4, -0.2) is 24.1 Å². The highest BCUT2D eigenvalue weighted by atomic mass is 35.5. The molecule has 0 atom stereocenters. The van der Waals surface area contributed by atoms with Crippen molar-refractivity contribution in [3.05, 3.63) is 70.0 Å². The van der Waals surface area contributed by atoms with Gasteiger partial charge in [0, 0.05) is 5.69 Å². The first-order valence-electron chi connectivity index (χ1n) is 9.37. The van der Waals surface area contributed by atoms with Crippen molar-refractivity contribution in [1.29, 1.82) is 0 Å². The molecule has 3 aromatic rings. The van der Waals surface area contributed by atoms with Gasteiger partial charge in [-0.25, -0.2) is 18.2 Å². The number of primary sulfonamides is 1. The molecule has 0 unspecified atom stereocenters. The van der Waals surface area contributed by atoms with E-state index in [2.05, 4.69) is 10.4 Å². The molecule has 0 fully saturated rings. The molecule has 0 bridgehead atoms. The fourth-order valence-corrected chi connectivity index (χ4v) is 4.16. The topological polar surface area (TPSA) is 107 Å². The zero-order chi connectivity index (χ0) is 22.1. The molecule has 1 amide bonds. The first kappa shape index (κ1) is 22.0. The number of rotatable bonds is 6. The second kappa shape index (κ2) is 8.59. The maximum absolute atomic E-state index is 12.5. The summed E-state index contributed by atoms with van der Waals surface area (Å²) in [5.41, 5.74) is 3.77. The number of anilines is 1. The van der Waals surface area contributed by atoms with Gasteiger partial charge in [-0.1, -0.05) is 42.8 Å². The Hall–Kier alpha value is -2.68. The van der Waals surface area contributed by atoms with E-state index in [1.165, 1.54) is 10.7 Å². The van der Waals surface area contributed by atoms with Crippen molar-refractivity contribution < 1.29 is 13.2 Å². The third-order valence-corrected chi connectivity index (χ3v) is 6.32. The number of aryl methyl sites for hydroxylation is 2. The summed E-state index contributed by atoms with van der Waals surface area (Å²) in [6.45, 7) is 5.49. The molecule has 0 saturated heterocycles. The van der Waals surface area contributed by atoms with Crippen molar-refractivity contribution in [2.24, 2.45) is 5.14 Å². The van der Waals surface area contributed by atoms with Gasteiger partial charge in [-0.05, 0) is 49.6 Å². The molecule has 0 spiro atoms. The zero-order valence-electron chi connectivity index (χ0n) is 16.9. The second-order valence-corrected chi connectivity index (χ2v) is 8.88. The lowest BCUT2D eigenvalue weighted by atomic mass is 10.0. The number of sulfonamides is 1.